The number of hydrogen-bond acceptors (Lipinski definition) is 3. The van der Waals surface area contributed by atoms with Crippen molar-refractivity contribution in [3.63, 3.8) is 0 Å². The highest BCUT2D eigenvalue weighted by molar-refractivity contribution is 7.09. The number of aryl methyl sites for hydroxylation is 1. The Morgan fingerprint density at radius 3 is 2.64 bits per heavy atom. The van der Waals surface area contributed by atoms with E-state index < -0.39 is 23.7 Å². The molecule has 2 rings (SSSR count). The van der Waals surface area contributed by atoms with Gasteiger partial charge in [-0.1, -0.05) is 6.07 Å². The molecule has 2 amide bonds. The van der Waals surface area contributed by atoms with Crippen molar-refractivity contribution in [2.24, 2.45) is 0 Å². The Labute approximate surface area is 131 Å². The molecule has 0 bridgehead atoms. The zero-order valence-corrected chi connectivity index (χ0v) is 13.1. The first kappa shape index (κ1) is 16.4. The number of thiazole rings is 1. The Morgan fingerprint density at radius 2 is 2.05 bits per heavy atom. The summed E-state index contributed by atoms with van der Waals surface area (Å²) in [6, 6.07) is 2.93. The number of rotatable bonds is 5. The number of aromatic nitrogens is 1. The largest absolute Gasteiger partial charge is 0.335 e. The first-order valence-corrected chi connectivity index (χ1v) is 7.72. The number of benzene rings is 1. The van der Waals surface area contributed by atoms with E-state index in [0.29, 0.717) is 6.54 Å². The molecule has 1 aromatic carbocycles. The Bertz CT molecular complexity index is 640. The van der Waals surface area contributed by atoms with Crippen molar-refractivity contribution in [1.82, 2.24) is 15.6 Å². The maximum Gasteiger partial charge on any atom is 0.315 e. The molecule has 0 fully saturated rings. The van der Waals surface area contributed by atoms with E-state index in [1.807, 2.05) is 12.3 Å². The van der Waals surface area contributed by atoms with Gasteiger partial charge in [0, 0.05) is 22.7 Å². The average Bonchev–Trinajstić information content (AvgIpc) is 2.86. The van der Waals surface area contributed by atoms with Crippen molar-refractivity contribution in [2.75, 3.05) is 0 Å². The number of carbonyl (C=O) groups excluding carboxylic acids is 1. The minimum Gasteiger partial charge on any atom is -0.335 e. The quantitative estimate of drug-likeness (QED) is 0.887. The molecule has 2 aromatic rings. The summed E-state index contributed by atoms with van der Waals surface area (Å²) < 4.78 is 27.1. The number of nitrogens with zero attached hydrogens (tertiary/aromatic N) is 1. The van der Waals surface area contributed by atoms with E-state index in [9.17, 15) is 13.6 Å². The first-order valence-electron chi connectivity index (χ1n) is 6.84. The van der Waals surface area contributed by atoms with Crippen LogP contribution in [0, 0.1) is 18.6 Å². The summed E-state index contributed by atoms with van der Waals surface area (Å²) in [4.78, 5) is 16.0. The van der Waals surface area contributed by atoms with Gasteiger partial charge in [-0.05, 0) is 32.4 Å². The zero-order chi connectivity index (χ0) is 16.1. The fraction of sp³-hybridized carbons (Fsp3) is 0.333. The van der Waals surface area contributed by atoms with E-state index in [-0.39, 0.29) is 12.0 Å². The highest BCUT2D eigenvalue weighted by atomic mass is 32.1. The smallest absolute Gasteiger partial charge is 0.315 e. The van der Waals surface area contributed by atoms with E-state index in [1.54, 1.807) is 6.92 Å². The molecule has 0 unspecified atom stereocenters. The predicted molar refractivity (Wildman–Crippen MR) is 81.7 cm³/mol. The summed E-state index contributed by atoms with van der Waals surface area (Å²) in [6.45, 7) is 3.90. The molecule has 118 valence electrons. The lowest BCUT2D eigenvalue weighted by molar-refractivity contribution is 0.237. The molecular formula is C15H17F2N3OS. The van der Waals surface area contributed by atoms with Crippen LogP contribution < -0.4 is 10.6 Å². The van der Waals surface area contributed by atoms with Crippen LogP contribution in [0.4, 0.5) is 13.6 Å². The maximum atomic E-state index is 13.5. The number of hydrogen-bond donors (Lipinski definition) is 2. The third-order valence-corrected chi connectivity index (χ3v) is 3.98. The van der Waals surface area contributed by atoms with Crippen molar-refractivity contribution >= 4 is 17.4 Å². The molecule has 0 saturated heterocycles. The van der Waals surface area contributed by atoms with Gasteiger partial charge in [0.1, 0.15) is 16.6 Å². The second kappa shape index (κ2) is 7.31. The normalized spacial score (nSPS) is 12.0. The lowest BCUT2D eigenvalue weighted by atomic mass is 10.1. The Balaban J connectivity index is 1.83. The number of amides is 2. The van der Waals surface area contributed by atoms with Crippen LogP contribution in [-0.4, -0.2) is 17.1 Å². The highest BCUT2D eigenvalue weighted by Gasteiger charge is 2.14. The van der Waals surface area contributed by atoms with Crippen molar-refractivity contribution < 1.29 is 13.6 Å². The molecule has 1 heterocycles. The molecule has 0 aliphatic carbocycles. The highest BCUT2D eigenvalue weighted by Crippen LogP contribution is 2.14. The molecule has 0 radical (unpaired) electrons. The van der Waals surface area contributed by atoms with Gasteiger partial charge >= 0.3 is 6.03 Å². The van der Waals surface area contributed by atoms with Crippen LogP contribution in [0.25, 0.3) is 0 Å². The van der Waals surface area contributed by atoms with Crippen molar-refractivity contribution in [1.29, 1.82) is 0 Å². The standard InChI is InChI=1S/C15H17F2N3OS/c1-9(6-11-12(16)4-3-5-13(11)17)20-15(21)18-7-14-19-10(2)8-22-14/h3-5,8-9H,6-7H2,1-2H3,(H2,18,20,21)/t9-/m1/s1. The van der Waals surface area contributed by atoms with Crippen LogP contribution in [0.15, 0.2) is 23.6 Å². The Kier molecular flexibility index (Phi) is 5.43. The first-order chi connectivity index (χ1) is 10.5. The van der Waals surface area contributed by atoms with Gasteiger partial charge in [0.15, 0.2) is 0 Å². The van der Waals surface area contributed by atoms with Gasteiger partial charge in [-0.15, -0.1) is 11.3 Å². The molecule has 22 heavy (non-hydrogen) atoms. The molecule has 0 saturated carbocycles. The monoisotopic (exact) mass is 325 g/mol. The van der Waals surface area contributed by atoms with E-state index in [0.717, 1.165) is 10.7 Å². The molecule has 7 heteroatoms. The van der Waals surface area contributed by atoms with Gasteiger partial charge in [0.2, 0.25) is 0 Å². The minimum atomic E-state index is -0.604. The van der Waals surface area contributed by atoms with E-state index in [4.69, 9.17) is 0 Å². The topological polar surface area (TPSA) is 54.0 Å². The van der Waals surface area contributed by atoms with E-state index in [2.05, 4.69) is 15.6 Å². The SMILES string of the molecule is Cc1csc(CNC(=O)N[C@H](C)Cc2c(F)cccc2F)n1. The van der Waals surface area contributed by atoms with Crippen LogP contribution in [0.2, 0.25) is 0 Å². The van der Waals surface area contributed by atoms with Gasteiger partial charge in [-0.25, -0.2) is 18.6 Å². The summed E-state index contributed by atoms with van der Waals surface area (Å²) in [7, 11) is 0. The number of urea groups is 1. The molecule has 0 aliphatic heterocycles. The third kappa shape index (κ3) is 4.49. The third-order valence-electron chi connectivity index (χ3n) is 3.02. The van der Waals surface area contributed by atoms with Gasteiger partial charge in [-0.3, -0.25) is 0 Å². The summed E-state index contributed by atoms with van der Waals surface area (Å²) in [5.74, 6) is -1.21. The molecule has 1 atom stereocenters. The second-order valence-corrected chi connectivity index (χ2v) is 5.96. The molecule has 0 spiro atoms. The van der Waals surface area contributed by atoms with Crippen LogP contribution in [-0.2, 0) is 13.0 Å². The van der Waals surface area contributed by atoms with Crippen LogP contribution in [0.5, 0.6) is 0 Å². The fourth-order valence-corrected chi connectivity index (χ4v) is 2.71. The molecule has 0 aliphatic rings. The Morgan fingerprint density at radius 1 is 1.36 bits per heavy atom. The summed E-state index contributed by atoms with van der Waals surface area (Å²) in [6.07, 6.45) is 0.0856. The molecule has 4 nitrogen and oxygen atoms in total. The van der Waals surface area contributed by atoms with Crippen molar-refractivity contribution in [3.8, 4) is 0 Å². The minimum absolute atomic E-state index is 0.0224. The number of carbonyl (C=O) groups is 1. The van der Waals surface area contributed by atoms with Gasteiger partial charge in [-0.2, -0.15) is 0 Å². The predicted octanol–water partition coefficient (Wildman–Crippen LogP) is 3.16. The second-order valence-electron chi connectivity index (χ2n) is 5.02. The van der Waals surface area contributed by atoms with Crippen LogP contribution >= 0.6 is 11.3 Å². The maximum absolute atomic E-state index is 13.5. The summed E-state index contributed by atoms with van der Waals surface area (Å²) >= 11 is 1.46. The van der Waals surface area contributed by atoms with Crippen molar-refractivity contribution in [2.45, 2.75) is 32.9 Å². The van der Waals surface area contributed by atoms with Crippen LogP contribution in [0.1, 0.15) is 23.2 Å². The van der Waals surface area contributed by atoms with Gasteiger partial charge in [0.25, 0.3) is 0 Å². The van der Waals surface area contributed by atoms with Crippen LogP contribution in [0.3, 0.4) is 0 Å². The zero-order valence-electron chi connectivity index (χ0n) is 12.3. The fourth-order valence-electron chi connectivity index (χ4n) is 2.00. The van der Waals surface area contributed by atoms with E-state index in [1.165, 1.54) is 29.5 Å². The summed E-state index contributed by atoms with van der Waals surface area (Å²) in [5.41, 5.74) is 0.886. The van der Waals surface area contributed by atoms with Gasteiger partial charge in [0.05, 0.1) is 6.54 Å². The lowest BCUT2D eigenvalue weighted by Crippen LogP contribution is -2.41. The summed E-state index contributed by atoms with van der Waals surface area (Å²) in [5, 5.41) is 8.03. The average molecular weight is 325 g/mol. The molecule has 1 aromatic heterocycles. The van der Waals surface area contributed by atoms with Gasteiger partial charge < -0.3 is 10.6 Å². The number of halogens is 2. The van der Waals surface area contributed by atoms with E-state index >= 15 is 0 Å². The van der Waals surface area contributed by atoms with Crippen molar-refractivity contribution in [3.05, 3.63) is 51.5 Å². The Hall–Kier alpha value is -2.02. The lowest BCUT2D eigenvalue weighted by Gasteiger charge is -2.15. The molecular weight excluding hydrogens is 308 g/mol. The molecule has 2 N–H and O–H groups in total. The number of nitrogens with one attached hydrogen (secondary N) is 2.